The largest absolute Gasteiger partial charge is 0.369 e. The van der Waals surface area contributed by atoms with Crippen molar-refractivity contribution in [1.82, 2.24) is 9.55 Å². The summed E-state index contributed by atoms with van der Waals surface area (Å²) in [6.07, 6.45) is 0. The number of halogens is 1. The summed E-state index contributed by atoms with van der Waals surface area (Å²) >= 11 is 0. The third kappa shape index (κ3) is 1.06. The zero-order valence-corrected chi connectivity index (χ0v) is 7.49. The average Bonchev–Trinajstić information content (AvgIpc) is 2.17. The molecule has 0 amide bonds. The van der Waals surface area contributed by atoms with Gasteiger partial charge in [-0.1, -0.05) is 6.07 Å². The second-order valence-corrected chi connectivity index (χ2v) is 2.97. The molecule has 0 aliphatic rings. The second kappa shape index (κ2) is 2.80. The van der Waals surface area contributed by atoms with E-state index in [4.69, 9.17) is 5.73 Å². The van der Waals surface area contributed by atoms with Crippen LogP contribution in [0, 0.1) is 5.82 Å². The van der Waals surface area contributed by atoms with Crippen molar-refractivity contribution in [1.29, 1.82) is 0 Å². The van der Waals surface area contributed by atoms with Crippen molar-refractivity contribution < 1.29 is 4.39 Å². The Morgan fingerprint density at radius 1 is 1.50 bits per heavy atom. The van der Waals surface area contributed by atoms with Crippen LogP contribution in [0.1, 0.15) is 0 Å². The number of aromatic nitrogens is 2. The van der Waals surface area contributed by atoms with E-state index in [1.165, 1.54) is 29.8 Å². The van der Waals surface area contributed by atoms with Crippen LogP contribution in [0.3, 0.4) is 0 Å². The summed E-state index contributed by atoms with van der Waals surface area (Å²) in [7, 11) is 1.50. The van der Waals surface area contributed by atoms with Crippen molar-refractivity contribution in [2.75, 3.05) is 5.73 Å². The fourth-order valence-corrected chi connectivity index (χ4v) is 1.28. The van der Waals surface area contributed by atoms with Crippen LogP contribution in [0.25, 0.3) is 10.9 Å². The number of nitrogens with two attached hydrogens (primary N) is 1. The maximum Gasteiger partial charge on any atom is 0.262 e. The van der Waals surface area contributed by atoms with Crippen LogP contribution >= 0.6 is 0 Å². The lowest BCUT2D eigenvalue weighted by molar-refractivity contribution is 0.635. The summed E-state index contributed by atoms with van der Waals surface area (Å²) in [5, 5.41) is 0.238. The fourth-order valence-electron chi connectivity index (χ4n) is 1.28. The molecule has 0 saturated heterocycles. The van der Waals surface area contributed by atoms with E-state index in [1.807, 2.05) is 0 Å². The average molecular weight is 193 g/mol. The van der Waals surface area contributed by atoms with E-state index in [0.29, 0.717) is 0 Å². The van der Waals surface area contributed by atoms with Crippen LogP contribution in [0.5, 0.6) is 0 Å². The SMILES string of the molecule is Cn1c(N)nc2c(F)cccc2c1=O. The van der Waals surface area contributed by atoms with Crippen LogP contribution in [0.4, 0.5) is 10.3 Å². The number of nitrogens with zero attached hydrogens (tertiary/aromatic N) is 2. The van der Waals surface area contributed by atoms with Gasteiger partial charge in [0.2, 0.25) is 5.95 Å². The molecule has 5 heteroatoms. The minimum absolute atomic E-state index is 0.00704. The summed E-state index contributed by atoms with van der Waals surface area (Å²) in [6, 6.07) is 4.23. The molecule has 0 saturated carbocycles. The third-order valence-electron chi connectivity index (χ3n) is 2.09. The molecule has 14 heavy (non-hydrogen) atoms. The van der Waals surface area contributed by atoms with Crippen LogP contribution in [0.2, 0.25) is 0 Å². The Kier molecular flexibility index (Phi) is 1.73. The van der Waals surface area contributed by atoms with Gasteiger partial charge in [-0.15, -0.1) is 0 Å². The van der Waals surface area contributed by atoms with Crippen molar-refractivity contribution >= 4 is 16.9 Å². The van der Waals surface area contributed by atoms with Crippen molar-refractivity contribution in [2.45, 2.75) is 0 Å². The smallest absolute Gasteiger partial charge is 0.262 e. The highest BCUT2D eigenvalue weighted by atomic mass is 19.1. The van der Waals surface area contributed by atoms with Gasteiger partial charge < -0.3 is 5.73 Å². The molecule has 1 aromatic carbocycles. The first kappa shape index (κ1) is 8.68. The molecule has 0 aliphatic heterocycles. The Morgan fingerprint density at radius 3 is 2.93 bits per heavy atom. The number of anilines is 1. The van der Waals surface area contributed by atoms with Crippen LogP contribution in [-0.2, 0) is 7.05 Å². The highest BCUT2D eigenvalue weighted by molar-refractivity contribution is 5.78. The van der Waals surface area contributed by atoms with E-state index in [0.717, 1.165) is 0 Å². The molecule has 0 unspecified atom stereocenters. The van der Waals surface area contributed by atoms with Crippen LogP contribution < -0.4 is 11.3 Å². The maximum atomic E-state index is 13.2. The Labute approximate surface area is 78.8 Å². The third-order valence-corrected chi connectivity index (χ3v) is 2.09. The van der Waals surface area contributed by atoms with Crippen molar-refractivity contribution in [3.63, 3.8) is 0 Å². The molecular weight excluding hydrogens is 185 g/mol. The molecule has 2 N–H and O–H groups in total. The fraction of sp³-hybridized carbons (Fsp3) is 0.111. The van der Waals surface area contributed by atoms with Gasteiger partial charge in [0, 0.05) is 7.05 Å². The zero-order valence-electron chi connectivity index (χ0n) is 7.49. The first-order chi connectivity index (χ1) is 6.61. The van der Waals surface area contributed by atoms with Crippen molar-refractivity contribution in [3.8, 4) is 0 Å². The number of rotatable bonds is 0. The van der Waals surface area contributed by atoms with Gasteiger partial charge in [0.25, 0.3) is 5.56 Å². The molecule has 0 aliphatic carbocycles. The molecule has 4 nitrogen and oxygen atoms in total. The molecule has 1 heterocycles. The summed E-state index contributed by atoms with van der Waals surface area (Å²) in [6.45, 7) is 0. The van der Waals surface area contributed by atoms with Gasteiger partial charge in [0.15, 0.2) is 0 Å². The molecule has 0 fully saturated rings. The van der Waals surface area contributed by atoms with E-state index in [2.05, 4.69) is 4.98 Å². The topological polar surface area (TPSA) is 60.9 Å². The molecule has 0 bridgehead atoms. The van der Waals surface area contributed by atoms with Crippen molar-refractivity contribution in [3.05, 3.63) is 34.4 Å². The Bertz CT molecular complexity index is 562. The summed E-state index contributed by atoms with van der Waals surface area (Å²) < 4.78 is 14.4. The Morgan fingerprint density at radius 2 is 2.21 bits per heavy atom. The van der Waals surface area contributed by atoms with Crippen LogP contribution in [-0.4, -0.2) is 9.55 Å². The number of fused-ring (bicyclic) bond motifs is 1. The molecule has 0 radical (unpaired) electrons. The second-order valence-electron chi connectivity index (χ2n) is 2.97. The van der Waals surface area contributed by atoms with Gasteiger partial charge in [-0.2, -0.15) is 0 Å². The number of para-hydroxylation sites is 1. The minimum Gasteiger partial charge on any atom is -0.369 e. The number of hydrogen-bond acceptors (Lipinski definition) is 3. The van der Waals surface area contributed by atoms with E-state index in [9.17, 15) is 9.18 Å². The van der Waals surface area contributed by atoms with E-state index < -0.39 is 5.82 Å². The monoisotopic (exact) mass is 193 g/mol. The quantitative estimate of drug-likeness (QED) is 0.668. The van der Waals surface area contributed by atoms with Gasteiger partial charge in [-0.3, -0.25) is 9.36 Å². The normalized spacial score (nSPS) is 10.7. The van der Waals surface area contributed by atoms with Gasteiger partial charge >= 0.3 is 0 Å². The first-order valence-electron chi connectivity index (χ1n) is 4.02. The summed E-state index contributed by atoms with van der Waals surface area (Å²) in [5.74, 6) is -0.528. The lowest BCUT2D eigenvalue weighted by Gasteiger charge is -2.04. The minimum atomic E-state index is -0.535. The van der Waals surface area contributed by atoms with Gasteiger partial charge in [0.1, 0.15) is 11.3 Å². The van der Waals surface area contributed by atoms with Crippen molar-refractivity contribution in [2.24, 2.45) is 7.05 Å². The number of hydrogen-bond donors (Lipinski definition) is 1. The number of nitrogen functional groups attached to an aromatic ring is 1. The summed E-state index contributed by atoms with van der Waals surface area (Å²) in [4.78, 5) is 15.4. The van der Waals surface area contributed by atoms with E-state index in [1.54, 1.807) is 0 Å². The van der Waals surface area contributed by atoms with E-state index >= 15 is 0 Å². The lowest BCUT2D eigenvalue weighted by atomic mass is 10.2. The molecule has 1 aromatic heterocycles. The van der Waals surface area contributed by atoms with Crippen LogP contribution in [0.15, 0.2) is 23.0 Å². The summed E-state index contributed by atoms with van der Waals surface area (Å²) in [5.41, 5.74) is 5.12. The molecule has 2 rings (SSSR count). The van der Waals surface area contributed by atoms with Gasteiger partial charge in [-0.25, -0.2) is 9.37 Å². The Hall–Kier alpha value is -1.91. The predicted octanol–water partition coefficient (Wildman–Crippen LogP) is 0.655. The molecule has 2 aromatic rings. The Balaban J connectivity index is 3.06. The lowest BCUT2D eigenvalue weighted by Crippen LogP contribution is -2.21. The standard InChI is InChI=1S/C9H8FN3O/c1-13-8(14)5-3-2-4-6(10)7(5)12-9(13)11/h2-4H,1H3,(H2,11,12). The van der Waals surface area contributed by atoms with Gasteiger partial charge in [0.05, 0.1) is 5.39 Å². The highest BCUT2D eigenvalue weighted by Crippen LogP contribution is 2.12. The van der Waals surface area contributed by atoms with E-state index in [-0.39, 0.29) is 22.4 Å². The number of benzene rings is 1. The van der Waals surface area contributed by atoms with Gasteiger partial charge in [-0.05, 0) is 12.1 Å². The molecule has 0 atom stereocenters. The molecule has 0 spiro atoms. The maximum absolute atomic E-state index is 13.2. The predicted molar refractivity (Wildman–Crippen MR) is 51.4 cm³/mol. The molecular formula is C9H8FN3O. The highest BCUT2D eigenvalue weighted by Gasteiger charge is 2.08. The molecule has 72 valence electrons. The first-order valence-corrected chi connectivity index (χ1v) is 4.02. The zero-order chi connectivity index (χ0) is 10.3.